The minimum Gasteiger partial charge on any atom is -0.497 e. The molecule has 0 radical (unpaired) electrons. The van der Waals surface area contributed by atoms with Crippen molar-refractivity contribution >= 4 is 15.9 Å². The van der Waals surface area contributed by atoms with Crippen molar-refractivity contribution in [3.8, 4) is 5.75 Å². The van der Waals surface area contributed by atoms with Crippen LogP contribution in [0.5, 0.6) is 5.75 Å². The quantitative estimate of drug-likeness (QED) is 0.636. The Balaban J connectivity index is 1.66. The first-order valence-electron chi connectivity index (χ1n) is 11.3. The second kappa shape index (κ2) is 10.7. The maximum atomic E-state index is 13.1. The monoisotopic (exact) mass is 473 g/mol. The molecule has 0 aliphatic carbocycles. The van der Waals surface area contributed by atoms with E-state index in [1.165, 1.54) is 12.1 Å². The summed E-state index contributed by atoms with van der Waals surface area (Å²) < 4.78 is 32.9. The molecule has 1 fully saturated rings. The molecule has 2 aromatic rings. The van der Waals surface area contributed by atoms with Crippen molar-refractivity contribution in [2.24, 2.45) is 11.8 Å². The Labute approximate surface area is 197 Å². The number of nitrogens with zero attached hydrogens (tertiary/aromatic N) is 2. The first-order valence-corrected chi connectivity index (χ1v) is 12.7. The third kappa shape index (κ3) is 6.13. The van der Waals surface area contributed by atoms with E-state index < -0.39 is 10.0 Å². The largest absolute Gasteiger partial charge is 0.497 e. The second-order valence-electron chi connectivity index (χ2n) is 9.26. The third-order valence-electron chi connectivity index (χ3n) is 6.17. The summed E-state index contributed by atoms with van der Waals surface area (Å²) in [7, 11) is 1.99. The molecule has 0 spiro atoms. The van der Waals surface area contributed by atoms with Crippen molar-refractivity contribution in [1.29, 1.82) is 0 Å². The zero-order valence-electron chi connectivity index (χ0n) is 20.1. The fourth-order valence-corrected chi connectivity index (χ4v) is 6.13. The van der Waals surface area contributed by atoms with Gasteiger partial charge in [-0.25, -0.2) is 8.42 Å². The summed E-state index contributed by atoms with van der Waals surface area (Å²) in [6.45, 7) is 5.65. The van der Waals surface area contributed by atoms with Gasteiger partial charge in [-0.3, -0.25) is 4.79 Å². The van der Waals surface area contributed by atoms with E-state index in [1.54, 1.807) is 23.5 Å². The summed E-state index contributed by atoms with van der Waals surface area (Å²) in [5, 5.41) is 2.97. The van der Waals surface area contributed by atoms with Crippen LogP contribution in [0.4, 0.5) is 0 Å². The number of rotatable bonds is 8. The molecule has 0 saturated carbocycles. The fourth-order valence-electron chi connectivity index (χ4n) is 4.45. The van der Waals surface area contributed by atoms with Gasteiger partial charge in [0.2, 0.25) is 10.0 Å². The first kappa shape index (κ1) is 25.2. The average molecular weight is 474 g/mol. The summed E-state index contributed by atoms with van der Waals surface area (Å²) in [5.74, 6) is 1.22. The van der Waals surface area contributed by atoms with E-state index in [0.29, 0.717) is 37.0 Å². The molecule has 8 heteroatoms. The van der Waals surface area contributed by atoms with Gasteiger partial charge in [-0.15, -0.1) is 0 Å². The van der Waals surface area contributed by atoms with E-state index in [-0.39, 0.29) is 16.8 Å². The number of ether oxygens (including phenoxy) is 1. The molecule has 1 aliphatic heterocycles. The van der Waals surface area contributed by atoms with Gasteiger partial charge >= 0.3 is 0 Å². The van der Waals surface area contributed by atoms with E-state index in [4.69, 9.17) is 4.74 Å². The summed E-state index contributed by atoms with van der Waals surface area (Å²) in [6, 6.07) is 14.0. The number of amides is 1. The predicted molar refractivity (Wildman–Crippen MR) is 130 cm³/mol. The number of piperidine rings is 1. The van der Waals surface area contributed by atoms with Crippen LogP contribution in [0.25, 0.3) is 0 Å². The molecule has 2 aromatic carbocycles. The summed E-state index contributed by atoms with van der Waals surface area (Å²) in [4.78, 5) is 15.0. The minimum atomic E-state index is -3.56. The zero-order valence-corrected chi connectivity index (χ0v) is 20.9. The van der Waals surface area contributed by atoms with Crippen LogP contribution in [0.15, 0.2) is 53.4 Å². The lowest BCUT2D eigenvalue weighted by molar-refractivity contribution is 0.0941. The van der Waals surface area contributed by atoms with Crippen molar-refractivity contribution in [3.05, 3.63) is 59.7 Å². The SMILES string of the molecule is COc1ccc([C@H](CNC(=O)c2ccc(S(=O)(=O)N3C[C@H](C)C[C@H](C)C3)cc2)N(C)C)cc1. The number of benzene rings is 2. The topological polar surface area (TPSA) is 78.9 Å². The van der Waals surface area contributed by atoms with E-state index >= 15 is 0 Å². The summed E-state index contributed by atoms with van der Waals surface area (Å²) in [5.41, 5.74) is 1.49. The molecule has 7 nitrogen and oxygen atoms in total. The molecule has 0 aromatic heterocycles. The molecule has 1 N–H and O–H groups in total. The van der Waals surface area contributed by atoms with Crippen LogP contribution in [0.1, 0.15) is 42.2 Å². The van der Waals surface area contributed by atoms with Crippen LogP contribution in [0.2, 0.25) is 0 Å². The van der Waals surface area contributed by atoms with Crippen LogP contribution in [0, 0.1) is 11.8 Å². The Morgan fingerprint density at radius 3 is 2.15 bits per heavy atom. The highest BCUT2D eigenvalue weighted by molar-refractivity contribution is 7.89. The van der Waals surface area contributed by atoms with E-state index in [9.17, 15) is 13.2 Å². The lowest BCUT2D eigenvalue weighted by Crippen LogP contribution is -2.42. The number of carbonyl (C=O) groups is 1. The van der Waals surface area contributed by atoms with Gasteiger partial charge in [-0.2, -0.15) is 4.31 Å². The molecular formula is C25H35N3O4S. The Morgan fingerprint density at radius 2 is 1.64 bits per heavy atom. The Bertz CT molecular complexity index is 1030. The van der Waals surface area contributed by atoms with Gasteiger partial charge in [0.25, 0.3) is 5.91 Å². The van der Waals surface area contributed by atoms with Gasteiger partial charge in [0.15, 0.2) is 0 Å². The molecule has 0 bridgehead atoms. The van der Waals surface area contributed by atoms with E-state index in [0.717, 1.165) is 17.7 Å². The summed E-state index contributed by atoms with van der Waals surface area (Å²) >= 11 is 0. The molecule has 1 aliphatic rings. The highest BCUT2D eigenvalue weighted by Crippen LogP contribution is 2.27. The van der Waals surface area contributed by atoms with Crippen LogP contribution in [-0.4, -0.2) is 64.4 Å². The minimum absolute atomic E-state index is 0.0115. The number of hydrogen-bond donors (Lipinski definition) is 1. The first-order chi connectivity index (χ1) is 15.6. The zero-order chi connectivity index (χ0) is 24.2. The Hall–Kier alpha value is -2.42. The smallest absolute Gasteiger partial charge is 0.251 e. The van der Waals surface area contributed by atoms with Gasteiger partial charge in [0.1, 0.15) is 5.75 Å². The van der Waals surface area contributed by atoms with Crippen molar-refractivity contribution in [2.45, 2.75) is 31.2 Å². The highest BCUT2D eigenvalue weighted by atomic mass is 32.2. The van der Waals surface area contributed by atoms with Gasteiger partial charge in [0, 0.05) is 25.2 Å². The van der Waals surface area contributed by atoms with Crippen LogP contribution in [-0.2, 0) is 10.0 Å². The van der Waals surface area contributed by atoms with Gasteiger partial charge in [-0.1, -0.05) is 26.0 Å². The number of methoxy groups -OCH3 is 1. The maximum absolute atomic E-state index is 13.1. The van der Waals surface area contributed by atoms with Crippen LogP contribution >= 0.6 is 0 Å². The van der Waals surface area contributed by atoms with Crippen molar-refractivity contribution in [3.63, 3.8) is 0 Å². The van der Waals surface area contributed by atoms with Gasteiger partial charge in [-0.05, 0) is 74.3 Å². The molecule has 0 unspecified atom stereocenters. The number of sulfonamides is 1. The van der Waals surface area contributed by atoms with E-state index in [2.05, 4.69) is 19.2 Å². The number of hydrogen-bond acceptors (Lipinski definition) is 5. The standard InChI is InChI=1S/C25H35N3O4S/c1-18-14-19(2)17-28(16-18)33(30,31)23-12-8-21(9-13-23)25(29)26-15-24(27(3)4)20-6-10-22(32-5)11-7-20/h6-13,18-19,24H,14-17H2,1-5H3,(H,26,29)/t18-,19+,24-/m0/s1. The molecule has 3 rings (SSSR count). The normalized spacial score (nSPS) is 20.4. The molecule has 1 heterocycles. The Kier molecular flexibility index (Phi) is 8.15. The van der Waals surface area contributed by atoms with Crippen molar-refractivity contribution in [1.82, 2.24) is 14.5 Å². The van der Waals surface area contributed by atoms with Gasteiger partial charge in [0.05, 0.1) is 18.0 Å². The molecule has 1 amide bonds. The van der Waals surface area contributed by atoms with Crippen LogP contribution < -0.4 is 10.1 Å². The fraction of sp³-hybridized carbons (Fsp3) is 0.480. The second-order valence-corrected chi connectivity index (χ2v) is 11.2. The van der Waals surface area contributed by atoms with Crippen molar-refractivity contribution < 1.29 is 17.9 Å². The number of nitrogens with one attached hydrogen (secondary N) is 1. The maximum Gasteiger partial charge on any atom is 0.251 e. The lowest BCUT2D eigenvalue weighted by Gasteiger charge is -2.34. The van der Waals surface area contributed by atoms with E-state index in [1.807, 2.05) is 43.3 Å². The molecular weight excluding hydrogens is 438 g/mol. The molecule has 33 heavy (non-hydrogen) atoms. The third-order valence-corrected chi connectivity index (χ3v) is 8.02. The molecule has 3 atom stereocenters. The lowest BCUT2D eigenvalue weighted by atomic mass is 9.94. The van der Waals surface area contributed by atoms with Crippen LogP contribution in [0.3, 0.4) is 0 Å². The number of likely N-dealkylation sites (N-methyl/N-ethyl adjacent to an activating group) is 1. The predicted octanol–water partition coefficient (Wildman–Crippen LogP) is 3.39. The van der Waals surface area contributed by atoms with Crippen molar-refractivity contribution in [2.75, 3.05) is 40.8 Å². The summed E-state index contributed by atoms with van der Waals surface area (Å²) in [6.07, 6.45) is 1.04. The highest BCUT2D eigenvalue weighted by Gasteiger charge is 2.31. The molecule has 180 valence electrons. The van der Waals surface area contributed by atoms with Gasteiger partial charge < -0.3 is 15.0 Å². The Morgan fingerprint density at radius 1 is 1.06 bits per heavy atom. The average Bonchev–Trinajstić information content (AvgIpc) is 2.78. The molecule has 1 saturated heterocycles. The number of carbonyl (C=O) groups excluding carboxylic acids is 1.